The molecular weight excluding hydrogens is 256 g/mol. The second kappa shape index (κ2) is 3.74. The summed E-state index contributed by atoms with van der Waals surface area (Å²) < 4.78 is 4.94. The van der Waals surface area contributed by atoms with E-state index >= 15 is 0 Å². The Hall–Kier alpha value is -2.01. The van der Waals surface area contributed by atoms with Crippen LogP contribution in [0.2, 0.25) is 0 Å². The zero-order chi connectivity index (χ0) is 13.0. The van der Waals surface area contributed by atoms with Gasteiger partial charge in [0.25, 0.3) is 0 Å². The van der Waals surface area contributed by atoms with Gasteiger partial charge in [-0.2, -0.15) is 0 Å². The number of benzene rings is 1. The molecule has 0 atom stereocenters. The van der Waals surface area contributed by atoms with Gasteiger partial charge in [0.1, 0.15) is 17.0 Å². The van der Waals surface area contributed by atoms with Crippen LogP contribution in [0.3, 0.4) is 0 Å². The summed E-state index contributed by atoms with van der Waals surface area (Å²) in [6, 6.07) is 8.44. The van der Waals surface area contributed by atoms with Crippen molar-refractivity contribution >= 4 is 23.4 Å². The predicted octanol–water partition coefficient (Wildman–Crippen LogP) is 2.95. The van der Waals surface area contributed by atoms with E-state index in [1.54, 1.807) is 0 Å². The topological polar surface area (TPSA) is 35.6 Å². The van der Waals surface area contributed by atoms with Crippen molar-refractivity contribution in [1.82, 2.24) is 19.1 Å². The second-order valence-electron chi connectivity index (χ2n) is 4.87. The van der Waals surface area contributed by atoms with E-state index in [-0.39, 0.29) is 0 Å². The molecular formula is C14H12N4S. The van der Waals surface area contributed by atoms with E-state index < -0.39 is 0 Å². The van der Waals surface area contributed by atoms with E-state index in [4.69, 9.17) is 17.2 Å². The lowest BCUT2D eigenvalue weighted by Gasteiger charge is -2.03. The predicted molar refractivity (Wildman–Crippen MR) is 76.5 cm³/mol. The first-order chi connectivity index (χ1) is 9.24. The Morgan fingerprint density at radius 1 is 1.16 bits per heavy atom. The quantitative estimate of drug-likeness (QED) is 0.637. The Morgan fingerprint density at radius 3 is 2.74 bits per heavy atom. The third kappa shape index (κ3) is 1.48. The molecule has 0 amide bonds. The third-order valence-electron chi connectivity index (χ3n) is 3.60. The number of aryl methyl sites for hydroxylation is 3. The zero-order valence-corrected chi connectivity index (χ0v) is 11.3. The standard InChI is InChI=1S/C14H12N4S/c1-9-2-4-10(5-3-9)12-16-11-13(19)15-8-17-6-7-18(12)14(11)17/h2-5,8H,6-7H2,1H3. The molecule has 0 saturated carbocycles. The van der Waals surface area contributed by atoms with Crippen LogP contribution in [0.4, 0.5) is 0 Å². The van der Waals surface area contributed by atoms with Gasteiger partial charge < -0.3 is 9.13 Å². The third-order valence-corrected chi connectivity index (χ3v) is 3.90. The largest absolute Gasteiger partial charge is 0.315 e. The van der Waals surface area contributed by atoms with Crippen LogP contribution in [0.25, 0.3) is 22.6 Å². The molecule has 0 aliphatic carbocycles. The Balaban J connectivity index is 2.06. The number of hydrogen-bond donors (Lipinski definition) is 0. The van der Waals surface area contributed by atoms with Crippen molar-refractivity contribution < 1.29 is 0 Å². The highest BCUT2D eigenvalue weighted by atomic mass is 32.1. The fourth-order valence-electron chi connectivity index (χ4n) is 2.62. The fourth-order valence-corrected chi connectivity index (χ4v) is 2.81. The highest BCUT2D eigenvalue weighted by Gasteiger charge is 2.20. The lowest BCUT2D eigenvalue weighted by molar-refractivity contribution is 0.673. The van der Waals surface area contributed by atoms with Crippen LogP contribution < -0.4 is 0 Å². The van der Waals surface area contributed by atoms with Crippen molar-refractivity contribution in [3.63, 3.8) is 0 Å². The van der Waals surface area contributed by atoms with Gasteiger partial charge >= 0.3 is 0 Å². The van der Waals surface area contributed by atoms with Crippen molar-refractivity contribution in [2.45, 2.75) is 20.0 Å². The Labute approximate surface area is 115 Å². The summed E-state index contributed by atoms with van der Waals surface area (Å²) in [6.45, 7) is 3.96. The lowest BCUT2D eigenvalue weighted by Crippen LogP contribution is -1.98. The Kier molecular flexibility index (Phi) is 2.14. The first kappa shape index (κ1) is 10.9. The molecule has 3 aromatic rings. The molecule has 1 aliphatic rings. The van der Waals surface area contributed by atoms with Crippen LogP contribution in [-0.2, 0) is 13.1 Å². The van der Waals surface area contributed by atoms with Gasteiger partial charge in [0, 0.05) is 18.7 Å². The van der Waals surface area contributed by atoms with Crippen molar-refractivity contribution in [1.29, 1.82) is 0 Å². The Bertz CT molecular complexity index is 842. The van der Waals surface area contributed by atoms with Crippen LogP contribution in [0.1, 0.15) is 5.56 Å². The molecule has 94 valence electrons. The van der Waals surface area contributed by atoms with E-state index in [2.05, 4.69) is 45.3 Å². The molecule has 0 bridgehead atoms. The molecule has 1 aromatic carbocycles. The number of aromatic nitrogens is 4. The van der Waals surface area contributed by atoms with Crippen LogP contribution in [0, 0.1) is 11.6 Å². The number of imidazole rings is 1. The van der Waals surface area contributed by atoms with Gasteiger partial charge in [0.05, 0.1) is 6.33 Å². The van der Waals surface area contributed by atoms with E-state index in [0.717, 1.165) is 35.6 Å². The fraction of sp³-hybridized carbons (Fsp3) is 0.214. The molecule has 0 saturated heterocycles. The average molecular weight is 268 g/mol. The van der Waals surface area contributed by atoms with Crippen molar-refractivity contribution in [2.75, 3.05) is 0 Å². The van der Waals surface area contributed by atoms with Crippen LogP contribution in [-0.4, -0.2) is 19.1 Å². The highest BCUT2D eigenvalue weighted by molar-refractivity contribution is 7.71. The molecule has 4 rings (SSSR count). The zero-order valence-electron chi connectivity index (χ0n) is 10.5. The molecule has 4 nitrogen and oxygen atoms in total. The second-order valence-corrected chi connectivity index (χ2v) is 5.26. The van der Waals surface area contributed by atoms with Gasteiger partial charge in [0.2, 0.25) is 0 Å². The van der Waals surface area contributed by atoms with Crippen LogP contribution >= 0.6 is 12.2 Å². The molecule has 5 heteroatoms. The highest BCUT2D eigenvalue weighted by Crippen LogP contribution is 2.28. The minimum absolute atomic E-state index is 0.584. The van der Waals surface area contributed by atoms with E-state index in [1.807, 2.05) is 6.33 Å². The summed E-state index contributed by atoms with van der Waals surface area (Å²) in [4.78, 5) is 8.93. The van der Waals surface area contributed by atoms with Crippen molar-refractivity contribution in [3.05, 3.63) is 40.8 Å². The molecule has 1 aliphatic heterocycles. The molecule has 3 heterocycles. The molecule has 0 N–H and O–H groups in total. The minimum atomic E-state index is 0.584. The molecule has 0 unspecified atom stereocenters. The normalized spacial score (nSPS) is 13.3. The van der Waals surface area contributed by atoms with Gasteiger partial charge in [-0.1, -0.05) is 42.0 Å². The molecule has 0 radical (unpaired) electrons. The number of hydrogen-bond acceptors (Lipinski definition) is 3. The smallest absolute Gasteiger partial charge is 0.157 e. The first-order valence-corrected chi connectivity index (χ1v) is 6.67. The van der Waals surface area contributed by atoms with Crippen LogP contribution in [0.5, 0.6) is 0 Å². The first-order valence-electron chi connectivity index (χ1n) is 6.27. The average Bonchev–Trinajstić information content (AvgIpc) is 2.99. The maximum absolute atomic E-state index is 5.28. The van der Waals surface area contributed by atoms with E-state index in [0.29, 0.717) is 4.64 Å². The lowest BCUT2D eigenvalue weighted by atomic mass is 10.1. The summed E-state index contributed by atoms with van der Waals surface area (Å²) >= 11 is 5.28. The van der Waals surface area contributed by atoms with E-state index in [9.17, 15) is 0 Å². The maximum atomic E-state index is 5.28. The number of nitrogens with zero attached hydrogens (tertiary/aromatic N) is 4. The Morgan fingerprint density at radius 2 is 1.95 bits per heavy atom. The van der Waals surface area contributed by atoms with Crippen molar-refractivity contribution in [3.8, 4) is 11.4 Å². The van der Waals surface area contributed by atoms with E-state index in [1.165, 1.54) is 5.56 Å². The van der Waals surface area contributed by atoms with Crippen molar-refractivity contribution in [2.24, 2.45) is 0 Å². The SMILES string of the molecule is Cc1ccc(-c2nc3c(=S)ncn4c3n2CC4)cc1. The molecule has 2 aromatic heterocycles. The summed E-state index contributed by atoms with van der Waals surface area (Å²) in [6.07, 6.45) is 1.81. The maximum Gasteiger partial charge on any atom is 0.157 e. The van der Waals surface area contributed by atoms with Gasteiger partial charge in [-0.3, -0.25) is 0 Å². The summed E-state index contributed by atoms with van der Waals surface area (Å²) in [5.74, 6) is 0.986. The van der Waals surface area contributed by atoms with Gasteiger partial charge in [0.15, 0.2) is 4.64 Å². The summed E-state index contributed by atoms with van der Waals surface area (Å²) in [5.41, 5.74) is 4.31. The molecule has 0 fully saturated rings. The van der Waals surface area contributed by atoms with Gasteiger partial charge in [-0.05, 0) is 6.92 Å². The van der Waals surface area contributed by atoms with Gasteiger partial charge in [-0.25, -0.2) is 9.97 Å². The molecule has 19 heavy (non-hydrogen) atoms. The monoisotopic (exact) mass is 268 g/mol. The summed E-state index contributed by atoms with van der Waals surface area (Å²) in [7, 11) is 0. The minimum Gasteiger partial charge on any atom is -0.315 e. The summed E-state index contributed by atoms with van der Waals surface area (Å²) in [5, 5.41) is 0. The van der Waals surface area contributed by atoms with Crippen LogP contribution in [0.15, 0.2) is 30.6 Å². The van der Waals surface area contributed by atoms with Gasteiger partial charge in [-0.15, -0.1) is 0 Å². The number of rotatable bonds is 1. The molecule has 0 spiro atoms.